The number of nitrogens with zero attached hydrogens (tertiary/aromatic N) is 1. The first-order valence-electron chi connectivity index (χ1n) is 7.07. The van der Waals surface area contributed by atoms with Crippen molar-refractivity contribution < 1.29 is 9.59 Å². The zero-order valence-electron chi connectivity index (χ0n) is 11.8. The highest BCUT2D eigenvalue weighted by atomic mass is 35.5. The highest BCUT2D eigenvalue weighted by molar-refractivity contribution is 6.17. The fourth-order valence-electron chi connectivity index (χ4n) is 2.63. The van der Waals surface area contributed by atoms with Gasteiger partial charge in [0, 0.05) is 31.1 Å². The van der Waals surface area contributed by atoms with Crippen molar-refractivity contribution in [2.24, 2.45) is 11.7 Å². The predicted octanol–water partition coefficient (Wildman–Crippen LogP) is 1.95. The SMILES string of the molecule is NC(=O)NCC1CCCN(C(=O)c2cccc(CCl)c2)C1. The summed E-state index contributed by atoms with van der Waals surface area (Å²) in [5.74, 6) is 0.670. The summed E-state index contributed by atoms with van der Waals surface area (Å²) >= 11 is 5.81. The first-order chi connectivity index (χ1) is 10.1. The molecule has 1 unspecified atom stereocenters. The third kappa shape index (κ3) is 4.36. The van der Waals surface area contributed by atoms with Crippen LogP contribution in [0.15, 0.2) is 24.3 Å². The second-order valence-corrected chi connectivity index (χ2v) is 5.61. The molecule has 1 aliphatic heterocycles. The van der Waals surface area contributed by atoms with Crippen molar-refractivity contribution in [1.82, 2.24) is 10.2 Å². The molecule has 0 aliphatic carbocycles. The van der Waals surface area contributed by atoms with Gasteiger partial charge in [-0.1, -0.05) is 12.1 Å². The number of carbonyl (C=O) groups excluding carboxylic acids is 2. The van der Waals surface area contributed by atoms with Gasteiger partial charge in [0.1, 0.15) is 0 Å². The van der Waals surface area contributed by atoms with Gasteiger partial charge in [0.05, 0.1) is 0 Å². The van der Waals surface area contributed by atoms with Crippen LogP contribution in [-0.4, -0.2) is 36.5 Å². The summed E-state index contributed by atoms with van der Waals surface area (Å²) in [6.45, 7) is 1.90. The molecule has 0 bridgehead atoms. The molecule has 1 saturated heterocycles. The zero-order valence-corrected chi connectivity index (χ0v) is 12.6. The van der Waals surface area contributed by atoms with Crippen LogP contribution in [0.25, 0.3) is 0 Å². The molecule has 1 fully saturated rings. The first-order valence-corrected chi connectivity index (χ1v) is 7.61. The monoisotopic (exact) mass is 309 g/mol. The fraction of sp³-hybridized carbons (Fsp3) is 0.467. The standard InChI is InChI=1S/C15H20ClN3O2/c16-8-11-3-1-5-13(7-11)14(20)19-6-2-4-12(10-19)9-18-15(17)21/h1,3,5,7,12H,2,4,6,8-10H2,(H3,17,18,21). The van der Waals surface area contributed by atoms with Crippen LogP contribution in [0.4, 0.5) is 4.79 Å². The molecular weight excluding hydrogens is 290 g/mol. The molecule has 21 heavy (non-hydrogen) atoms. The second kappa shape index (κ2) is 7.31. The number of nitrogens with two attached hydrogens (primary N) is 1. The van der Waals surface area contributed by atoms with Gasteiger partial charge in [-0.05, 0) is 36.5 Å². The number of piperidine rings is 1. The fourth-order valence-corrected chi connectivity index (χ4v) is 2.80. The Morgan fingerprint density at radius 3 is 2.95 bits per heavy atom. The number of rotatable bonds is 4. The summed E-state index contributed by atoms with van der Waals surface area (Å²) in [4.78, 5) is 25.1. The number of hydrogen-bond acceptors (Lipinski definition) is 2. The van der Waals surface area contributed by atoms with Gasteiger partial charge >= 0.3 is 6.03 Å². The summed E-state index contributed by atoms with van der Waals surface area (Å²) in [6.07, 6.45) is 1.93. The van der Waals surface area contributed by atoms with Crippen molar-refractivity contribution in [1.29, 1.82) is 0 Å². The van der Waals surface area contributed by atoms with Crippen molar-refractivity contribution in [2.75, 3.05) is 19.6 Å². The van der Waals surface area contributed by atoms with Crippen LogP contribution in [0.2, 0.25) is 0 Å². The van der Waals surface area contributed by atoms with Gasteiger partial charge in [0.25, 0.3) is 5.91 Å². The number of nitrogens with one attached hydrogen (secondary N) is 1. The molecule has 114 valence electrons. The lowest BCUT2D eigenvalue weighted by atomic mass is 9.97. The largest absolute Gasteiger partial charge is 0.352 e. The van der Waals surface area contributed by atoms with Gasteiger partial charge in [-0.2, -0.15) is 0 Å². The summed E-state index contributed by atoms with van der Waals surface area (Å²) in [7, 11) is 0. The van der Waals surface area contributed by atoms with E-state index in [0.717, 1.165) is 24.9 Å². The van der Waals surface area contributed by atoms with Gasteiger partial charge < -0.3 is 16.0 Å². The Morgan fingerprint density at radius 1 is 1.43 bits per heavy atom. The van der Waals surface area contributed by atoms with Gasteiger partial charge in [0.2, 0.25) is 0 Å². The molecule has 1 aromatic rings. The van der Waals surface area contributed by atoms with E-state index in [4.69, 9.17) is 17.3 Å². The maximum absolute atomic E-state index is 12.5. The third-order valence-corrected chi connectivity index (χ3v) is 4.01. The Hall–Kier alpha value is -1.75. The third-order valence-electron chi connectivity index (χ3n) is 3.70. The second-order valence-electron chi connectivity index (χ2n) is 5.34. The molecule has 3 N–H and O–H groups in total. The Labute approximate surface area is 129 Å². The molecule has 3 amide bonds. The van der Waals surface area contributed by atoms with Crippen molar-refractivity contribution in [3.63, 3.8) is 0 Å². The van der Waals surface area contributed by atoms with E-state index in [9.17, 15) is 9.59 Å². The zero-order chi connectivity index (χ0) is 15.2. The molecular formula is C15H20ClN3O2. The van der Waals surface area contributed by atoms with Crippen molar-refractivity contribution in [3.8, 4) is 0 Å². The minimum atomic E-state index is -0.520. The van der Waals surface area contributed by atoms with Crippen LogP contribution in [0.3, 0.4) is 0 Å². The summed E-state index contributed by atoms with van der Waals surface area (Å²) in [5.41, 5.74) is 6.68. The van der Waals surface area contributed by atoms with Crippen LogP contribution < -0.4 is 11.1 Å². The molecule has 1 aromatic carbocycles. The lowest BCUT2D eigenvalue weighted by Gasteiger charge is -2.33. The normalized spacial score (nSPS) is 18.3. The van der Waals surface area contributed by atoms with E-state index in [1.807, 2.05) is 29.2 Å². The van der Waals surface area contributed by atoms with Crippen molar-refractivity contribution in [3.05, 3.63) is 35.4 Å². The molecule has 6 heteroatoms. The molecule has 0 radical (unpaired) electrons. The first kappa shape index (κ1) is 15.6. The number of halogens is 1. The molecule has 0 aromatic heterocycles. The van der Waals surface area contributed by atoms with E-state index in [1.165, 1.54) is 0 Å². The number of carbonyl (C=O) groups is 2. The number of primary amides is 1. The lowest BCUT2D eigenvalue weighted by Crippen LogP contribution is -2.44. The predicted molar refractivity (Wildman–Crippen MR) is 82.2 cm³/mol. The molecule has 5 nitrogen and oxygen atoms in total. The highest BCUT2D eigenvalue weighted by Crippen LogP contribution is 2.19. The smallest absolute Gasteiger partial charge is 0.312 e. The number of hydrogen-bond donors (Lipinski definition) is 2. The molecule has 2 rings (SSSR count). The van der Waals surface area contributed by atoms with E-state index in [1.54, 1.807) is 0 Å². The Morgan fingerprint density at radius 2 is 2.24 bits per heavy atom. The van der Waals surface area contributed by atoms with Crippen molar-refractivity contribution in [2.45, 2.75) is 18.7 Å². The summed E-state index contributed by atoms with van der Waals surface area (Å²) in [6, 6.07) is 6.87. The van der Waals surface area contributed by atoms with Crippen LogP contribution in [-0.2, 0) is 5.88 Å². The van der Waals surface area contributed by atoms with E-state index in [2.05, 4.69) is 5.32 Å². The Balaban J connectivity index is 1.99. The molecule has 1 atom stereocenters. The average Bonchev–Trinajstić information content (AvgIpc) is 2.52. The van der Waals surface area contributed by atoms with E-state index >= 15 is 0 Å². The van der Waals surface area contributed by atoms with Gasteiger partial charge in [-0.15, -0.1) is 11.6 Å². The Kier molecular flexibility index (Phi) is 5.44. The van der Waals surface area contributed by atoms with Gasteiger partial charge in [-0.3, -0.25) is 4.79 Å². The number of amides is 3. The van der Waals surface area contributed by atoms with Crippen LogP contribution >= 0.6 is 11.6 Å². The quantitative estimate of drug-likeness (QED) is 0.834. The van der Waals surface area contributed by atoms with Gasteiger partial charge in [0.15, 0.2) is 0 Å². The summed E-state index contributed by atoms with van der Waals surface area (Å²) < 4.78 is 0. The van der Waals surface area contributed by atoms with Gasteiger partial charge in [-0.25, -0.2) is 4.79 Å². The molecule has 1 heterocycles. The number of benzene rings is 1. The minimum absolute atomic E-state index is 0.0192. The molecule has 0 spiro atoms. The average molecular weight is 310 g/mol. The van der Waals surface area contributed by atoms with E-state index in [0.29, 0.717) is 24.5 Å². The van der Waals surface area contributed by atoms with Crippen LogP contribution in [0, 0.1) is 5.92 Å². The van der Waals surface area contributed by atoms with E-state index < -0.39 is 6.03 Å². The van der Waals surface area contributed by atoms with Crippen LogP contribution in [0.1, 0.15) is 28.8 Å². The minimum Gasteiger partial charge on any atom is -0.352 e. The lowest BCUT2D eigenvalue weighted by molar-refractivity contribution is 0.0675. The van der Waals surface area contributed by atoms with Crippen LogP contribution in [0.5, 0.6) is 0 Å². The number of alkyl halides is 1. The van der Waals surface area contributed by atoms with E-state index in [-0.39, 0.29) is 11.8 Å². The maximum Gasteiger partial charge on any atom is 0.312 e. The van der Waals surface area contributed by atoms with Crippen molar-refractivity contribution >= 4 is 23.5 Å². The Bertz CT molecular complexity index is 521. The topological polar surface area (TPSA) is 75.4 Å². The summed E-state index contributed by atoms with van der Waals surface area (Å²) in [5, 5.41) is 2.62. The number of urea groups is 1. The molecule has 1 aliphatic rings. The highest BCUT2D eigenvalue weighted by Gasteiger charge is 2.24. The number of likely N-dealkylation sites (tertiary alicyclic amines) is 1. The molecule has 0 saturated carbocycles. The maximum atomic E-state index is 12.5.